The third-order valence-electron chi connectivity index (χ3n) is 5.19. The van der Waals surface area contributed by atoms with Crippen molar-refractivity contribution in [2.45, 2.75) is 30.3 Å². The van der Waals surface area contributed by atoms with Gasteiger partial charge in [-0.05, 0) is 36.5 Å². The molecule has 0 aliphatic carbocycles. The van der Waals surface area contributed by atoms with Gasteiger partial charge in [-0.2, -0.15) is 4.31 Å². The van der Waals surface area contributed by atoms with E-state index < -0.39 is 16.1 Å². The van der Waals surface area contributed by atoms with Gasteiger partial charge in [0.2, 0.25) is 15.9 Å². The van der Waals surface area contributed by atoms with E-state index >= 15 is 0 Å². The Morgan fingerprint density at radius 3 is 2.65 bits per heavy atom. The number of carbonyl (C=O) groups excluding carboxylic acids is 1. The molecule has 136 valence electrons. The number of hydrogen-bond acceptors (Lipinski definition) is 4. The lowest BCUT2D eigenvalue weighted by Gasteiger charge is -2.45. The predicted molar refractivity (Wildman–Crippen MR) is 96.5 cm³/mol. The summed E-state index contributed by atoms with van der Waals surface area (Å²) < 4.78 is 27.4. The fraction of sp³-hybridized carbons (Fsp3) is 0.368. The highest BCUT2D eigenvalue weighted by molar-refractivity contribution is 7.89. The quantitative estimate of drug-likeness (QED) is 0.823. The summed E-state index contributed by atoms with van der Waals surface area (Å²) in [5.41, 5.74) is 1.06. The number of piperidine rings is 2. The van der Waals surface area contributed by atoms with Gasteiger partial charge in [-0.25, -0.2) is 8.42 Å². The summed E-state index contributed by atoms with van der Waals surface area (Å²) in [5, 5.41) is 0. The fourth-order valence-electron chi connectivity index (χ4n) is 3.89. The van der Waals surface area contributed by atoms with Gasteiger partial charge in [0, 0.05) is 32.0 Å². The summed E-state index contributed by atoms with van der Waals surface area (Å²) in [4.78, 5) is 18.9. The maximum atomic E-state index is 13.0. The van der Waals surface area contributed by atoms with E-state index in [-0.39, 0.29) is 10.8 Å². The molecule has 7 heteroatoms. The molecule has 2 atom stereocenters. The van der Waals surface area contributed by atoms with Crippen molar-refractivity contribution in [2.75, 3.05) is 13.1 Å². The number of benzene rings is 1. The van der Waals surface area contributed by atoms with E-state index in [4.69, 9.17) is 0 Å². The van der Waals surface area contributed by atoms with Crippen LogP contribution in [0.15, 0.2) is 59.8 Å². The second kappa shape index (κ2) is 6.81. The molecule has 2 fully saturated rings. The number of hydrogen-bond donors (Lipinski definition) is 0. The van der Waals surface area contributed by atoms with Crippen LogP contribution in [0.2, 0.25) is 0 Å². The van der Waals surface area contributed by atoms with E-state index in [2.05, 4.69) is 4.98 Å². The molecule has 2 aliphatic rings. The Labute approximate surface area is 153 Å². The van der Waals surface area contributed by atoms with Crippen LogP contribution in [0.25, 0.3) is 0 Å². The summed E-state index contributed by atoms with van der Waals surface area (Å²) in [6.45, 7) is 1.61. The van der Waals surface area contributed by atoms with Crippen LogP contribution in [0, 0.1) is 5.92 Å². The highest BCUT2D eigenvalue weighted by Gasteiger charge is 2.46. The topological polar surface area (TPSA) is 70.6 Å². The van der Waals surface area contributed by atoms with E-state index in [9.17, 15) is 13.2 Å². The van der Waals surface area contributed by atoms with E-state index in [1.807, 2.05) is 30.3 Å². The number of rotatable bonds is 4. The van der Waals surface area contributed by atoms with Crippen molar-refractivity contribution in [3.05, 3.63) is 60.4 Å². The molecule has 2 bridgehead atoms. The lowest BCUT2D eigenvalue weighted by Crippen LogP contribution is -2.59. The molecule has 0 spiro atoms. The van der Waals surface area contributed by atoms with Crippen molar-refractivity contribution in [1.29, 1.82) is 0 Å². The van der Waals surface area contributed by atoms with Crippen LogP contribution in [0.4, 0.5) is 0 Å². The molecule has 0 radical (unpaired) electrons. The van der Waals surface area contributed by atoms with Gasteiger partial charge in [0.25, 0.3) is 0 Å². The van der Waals surface area contributed by atoms with Crippen LogP contribution < -0.4 is 0 Å². The van der Waals surface area contributed by atoms with Gasteiger partial charge in [0.05, 0.1) is 0 Å². The first-order valence-corrected chi connectivity index (χ1v) is 10.2. The molecular formula is C19H21N3O3S. The smallest absolute Gasteiger partial charge is 0.245 e. The molecule has 1 aromatic carbocycles. The Hall–Kier alpha value is -2.25. The number of likely N-dealkylation sites (tertiary alicyclic amines) is 1. The molecule has 1 amide bonds. The first-order valence-electron chi connectivity index (χ1n) is 8.80. The summed E-state index contributed by atoms with van der Waals surface area (Å²) in [6, 6.07) is 12.3. The molecule has 2 aromatic rings. The number of pyridine rings is 1. The molecule has 1 aromatic heterocycles. The van der Waals surface area contributed by atoms with Crippen molar-refractivity contribution in [3.8, 4) is 0 Å². The molecule has 4 rings (SSSR count). The predicted octanol–water partition coefficient (Wildman–Crippen LogP) is 1.89. The van der Waals surface area contributed by atoms with Crippen molar-refractivity contribution < 1.29 is 13.2 Å². The van der Waals surface area contributed by atoms with Crippen LogP contribution in [0.1, 0.15) is 18.4 Å². The number of sulfonamides is 1. The average molecular weight is 371 g/mol. The summed E-state index contributed by atoms with van der Waals surface area (Å²) in [5.74, 6) is 0.249. The number of carbonyl (C=O) groups is 1. The van der Waals surface area contributed by atoms with Gasteiger partial charge in [-0.15, -0.1) is 0 Å². The monoisotopic (exact) mass is 371 g/mol. The Balaban J connectivity index is 1.60. The Morgan fingerprint density at radius 1 is 1.12 bits per heavy atom. The number of nitrogens with zero attached hydrogens (tertiary/aromatic N) is 3. The minimum atomic E-state index is -3.72. The van der Waals surface area contributed by atoms with Crippen molar-refractivity contribution >= 4 is 15.9 Å². The highest BCUT2D eigenvalue weighted by Crippen LogP contribution is 2.34. The molecule has 0 unspecified atom stereocenters. The lowest BCUT2D eigenvalue weighted by molar-refractivity contribution is -0.143. The number of aromatic nitrogens is 1. The molecule has 2 saturated heterocycles. The Bertz CT molecular complexity index is 887. The SMILES string of the molecule is O=C1[C@H]2C[C@H](CCN2S(=O)(=O)c2cccnc2)CN1Cc1ccccc1. The molecular weight excluding hydrogens is 350 g/mol. The molecule has 0 saturated carbocycles. The summed E-state index contributed by atoms with van der Waals surface area (Å²) >= 11 is 0. The van der Waals surface area contributed by atoms with Crippen molar-refractivity contribution in [1.82, 2.24) is 14.2 Å². The molecule has 26 heavy (non-hydrogen) atoms. The Kier molecular flexibility index (Phi) is 4.50. The van der Waals surface area contributed by atoms with E-state index in [1.165, 1.54) is 16.6 Å². The molecule has 6 nitrogen and oxygen atoms in total. The third-order valence-corrected chi connectivity index (χ3v) is 7.09. The first-order chi connectivity index (χ1) is 12.6. The minimum Gasteiger partial charge on any atom is -0.337 e. The van der Waals surface area contributed by atoms with E-state index in [0.717, 1.165) is 12.0 Å². The van der Waals surface area contributed by atoms with Crippen LogP contribution in [0.5, 0.6) is 0 Å². The first kappa shape index (κ1) is 17.2. The zero-order chi connectivity index (χ0) is 18.1. The normalized spacial score (nSPS) is 23.8. The average Bonchev–Trinajstić information content (AvgIpc) is 2.67. The van der Waals surface area contributed by atoms with Gasteiger partial charge >= 0.3 is 0 Å². The van der Waals surface area contributed by atoms with Gasteiger partial charge in [0.1, 0.15) is 10.9 Å². The summed E-state index contributed by atoms with van der Waals surface area (Å²) in [6.07, 6.45) is 4.26. The Morgan fingerprint density at radius 2 is 1.92 bits per heavy atom. The van der Waals surface area contributed by atoms with Gasteiger partial charge < -0.3 is 4.90 Å². The van der Waals surface area contributed by atoms with Crippen LogP contribution in [0.3, 0.4) is 0 Å². The zero-order valence-electron chi connectivity index (χ0n) is 14.4. The second-order valence-electron chi connectivity index (χ2n) is 6.92. The third kappa shape index (κ3) is 3.12. The highest BCUT2D eigenvalue weighted by atomic mass is 32.2. The van der Waals surface area contributed by atoms with Gasteiger partial charge in [-0.1, -0.05) is 30.3 Å². The second-order valence-corrected chi connectivity index (χ2v) is 8.81. The summed E-state index contributed by atoms with van der Waals surface area (Å²) in [7, 11) is -3.72. The maximum absolute atomic E-state index is 13.0. The maximum Gasteiger partial charge on any atom is 0.245 e. The molecule has 2 aliphatic heterocycles. The van der Waals surface area contributed by atoms with Crippen LogP contribution >= 0.6 is 0 Å². The zero-order valence-corrected chi connectivity index (χ0v) is 15.2. The lowest BCUT2D eigenvalue weighted by atomic mass is 9.87. The van der Waals surface area contributed by atoms with Crippen molar-refractivity contribution in [2.24, 2.45) is 5.92 Å². The standard InChI is InChI=1S/C19H21N3O3S/c23-19-18-11-16(14-21(19)13-15-5-2-1-3-6-15)8-10-22(18)26(24,25)17-7-4-9-20-12-17/h1-7,9,12,16,18H,8,10-11,13-14H2/t16-,18+/m0/s1. The molecule has 0 N–H and O–H groups in total. The fourth-order valence-corrected chi connectivity index (χ4v) is 5.46. The van der Waals surface area contributed by atoms with Gasteiger partial charge in [-0.3, -0.25) is 9.78 Å². The number of fused-ring (bicyclic) bond motifs is 2. The molecule has 3 heterocycles. The van der Waals surface area contributed by atoms with Crippen LogP contribution in [-0.4, -0.2) is 47.6 Å². The number of amides is 1. The largest absolute Gasteiger partial charge is 0.337 e. The van der Waals surface area contributed by atoms with E-state index in [1.54, 1.807) is 17.2 Å². The minimum absolute atomic E-state index is 0.0998. The van der Waals surface area contributed by atoms with Crippen LogP contribution in [-0.2, 0) is 21.4 Å². The van der Waals surface area contributed by atoms with Crippen molar-refractivity contribution in [3.63, 3.8) is 0 Å². The van der Waals surface area contributed by atoms with E-state index in [0.29, 0.717) is 32.0 Å². The van der Waals surface area contributed by atoms with Gasteiger partial charge in [0.15, 0.2) is 0 Å².